The Labute approximate surface area is 164 Å². The molecule has 1 amide bonds. The monoisotopic (exact) mass is 380 g/mol. The molecule has 3 heterocycles. The zero-order chi connectivity index (χ0) is 19.7. The lowest BCUT2D eigenvalue weighted by Gasteiger charge is -2.27. The topological polar surface area (TPSA) is 78.7 Å². The van der Waals surface area contributed by atoms with Gasteiger partial charge in [0.15, 0.2) is 0 Å². The summed E-state index contributed by atoms with van der Waals surface area (Å²) >= 11 is 0. The van der Waals surface area contributed by atoms with Crippen molar-refractivity contribution >= 4 is 22.4 Å². The van der Waals surface area contributed by atoms with Crippen molar-refractivity contribution in [3.8, 4) is 11.9 Å². The minimum Gasteiger partial charge on any atom is -0.475 e. The molecule has 1 aromatic carbocycles. The van der Waals surface area contributed by atoms with Crippen molar-refractivity contribution in [1.82, 2.24) is 9.88 Å². The maximum Gasteiger partial charge on any atom is 0.225 e. The summed E-state index contributed by atoms with van der Waals surface area (Å²) in [6, 6.07) is 7.97. The van der Waals surface area contributed by atoms with Crippen LogP contribution >= 0.6 is 0 Å². The van der Waals surface area contributed by atoms with Crippen LogP contribution in [-0.4, -0.2) is 55.4 Å². The fourth-order valence-corrected chi connectivity index (χ4v) is 4.08. The van der Waals surface area contributed by atoms with Crippen LogP contribution in [0.5, 0.6) is 5.88 Å². The van der Waals surface area contributed by atoms with Crippen LogP contribution in [0, 0.1) is 17.2 Å². The normalized spacial score (nSPS) is 22.8. The first kappa shape index (κ1) is 18.5. The zero-order valence-corrected chi connectivity index (χ0v) is 16.2. The molecule has 28 heavy (non-hydrogen) atoms. The molecule has 2 unspecified atom stereocenters. The number of aromatic nitrogens is 1. The molecule has 7 heteroatoms. The highest BCUT2D eigenvalue weighted by atomic mass is 16.5. The molecule has 0 aliphatic carbocycles. The fourth-order valence-electron chi connectivity index (χ4n) is 4.08. The van der Waals surface area contributed by atoms with Crippen molar-refractivity contribution in [2.24, 2.45) is 5.92 Å². The van der Waals surface area contributed by atoms with E-state index in [0.29, 0.717) is 37.6 Å². The van der Waals surface area contributed by atoms with Crippen molar-refractivity contribution in [3.63, 3.8) is 0 Å². The molecule has 2 aliphatic rings. The van der Waals surface area contributed by atoms with Gasteiger partial charge in [-0.2, -0.15) is 5.26 Å². The van der Waals surface area contributed by atoms with Crippen LogP contribution in [0.15, 0.2) is 24.4 Å². The van der Waals surface area contributed by atoms with Crippen molar-refractivity contribution in [1.29, 1.82) is 5.26 Å². The van der Waals surface area contributed by atoms with E-state index in [-0.39, 0.29) is 24.6 Å². The van der Waals surface area contributed by atoms with Gasteiger partial charge in [0, 0.05) is 31.6 Å². The van der Waals surface area contributed by atoms with E-state index in [9.17, 15) is 10.1 Å². The highest BCUT2D eigenvalue weighted by Gasteiger charge is 2.39. The van der Waals surface area contributed by atoms with E-state index < -0.39 is 0 Å². The summed E-state index contributed by atoms with van der Waals surface area (Å²) in [5.74, 6) is 0.896. The standard InChI is InChI=1S/C21H24N4O3/c1-3-14-9-20(26)25-13-27-7-6-24(2)18-10-17-15(8-16(18)11-22)4-5-23-21(17)28-12-19(14)25/h4-5,8,10,14,19H,3,6-7,9,12-13H2,1-2H3. The summed E-state index contributed by atoms with van der Waals surface area (Å²) in [4.78, 5) is 20.7. The molecule has 0 radical (unpaired) electrons. The molecule has 1 aromatic heterocycles. The van der Waals surface area contributed by atoms with Crippen molar-refractivity contribution < 1.29 is 14.3 Å². The average molecular weight is 380 g/mol. The van der Waals surface area contributed by atoms with Gasteiger partial charge in [-0.3, -0.25) is 4.79 Å². The lowest BCUT2D eigenvalue weighted by molar-refractivity contribution is -0.135. The number of amides is 1. The van der Waals surface area contributed by atoms with Crippen molar-refractivity contribution in [2.75, 3.05) is 38.4 Å². The Bertz CT molecular complexity index is 939. The molecule has 1 saturated heterocycles. The molecule has 146 valence electrons. The van der Waals surface area contributed by atoms with E-state index in [1.807, 2.05) is 30.1 Å². The van der Waals surface area contributed by atoms with Gasteiger partial charge in [-0.25, -0.2) is 4.98 Å². The summed E-state index contributed by atoms with van der Waals surface area (Å²) < 4.78 is 11.9. The average Bonchev–Trinajstić information content (AvgIpc) is 3.02. The molecule has 0 N–H and O–H groups in total. The Hall–Kier alpha value is -2.85. The van der Waals surface area contributed by atoms with E-state index in [1.165, 1.54) is 0 Å². The van der Waals surface area contributed by atoms with E-state index >= 15 is 0 Å². The number of pyridine rings is 1. The number of hydrogen-bond donors (Lipinski definition) is 0. The largest absolute Gasteiger partial charge is 0.475 e. The van der Waals surface area contributed by atoms with Gasteiger partial charge in [-0.1, -0.05) is 13.3 Å². The lowest BCUT2D eigenvalue weighted by Crippen LogP contribution is -2.41. The maximum absolute atomic E-state index is 12.5. The molecular formula is C21H24N4O3. The van der Waals surface area contributed by atoms with Crippen LogP contribution in [0.1, 0.15) is 25.3 Å². The van der Waals surface area contributed by atoms with E-state index in [1.54, 1.807) is 11.1 Å². The minimum absolute atomic E-state index is 0.0223. The highest BCUT2D eigenvalue weighted by Crippen LogP contribution is 2.33. The first-order chi connectivity index (χ1) is 13.6. The van der Waals surface area contributed by atoms with E-state index in [0.717, 1.165) is 22.9 Å². The van der Waals surface area contributed by atoms with Gasteiger partial charge in [-0.15, -0.1) is 0 Å². The highest BCUT2D eigenvalue weighted by molar-refractivity contribution is 5.92. The summed E-state index contributed by atoms with van der Waals surface area (Å²) in [6.07, 6.45) is 3.14. The Balaban J connectivity index is 1.76. The van der Waals surface area contributed by atoms with E-state index in [4.69, 9.17) is 9.47 Å². The Kier molecular flexibility index (Phi) is 5.05. The predicted octanol–water partition coefficient (Wildman–Crippen LogP) is 2.54. The number of fused-ring (bicyclic) bond motifs is 2. The van der Waals surface area contributed by atoms with Gasteiger partial charge in [0.25, 0.3) is 0 Å². The third kappa shape index (κ3) is 3.25. The zero-order valence-electron chi connectivity index (χ0n) is 16.2. The van der Waals surface area contributed by atoms with Crippen molar-refractivity contribution in [2.45, 2.75) is 25.8 Å². The number of carbonyl (C=O) groups excluding carboxylic acids is 1. The van der Waals surface area contributed by atoms with Gasteiger partial charge in [-0.05, 0) is 29.5 Å². The molecule has 0 saturated carbocycles. The van der Waals surface area contributed by atoms with Crippen LogP contribution in [0.4, 0.5) is 5.69 Å². The van der Waals surface area contributed by atoms with Crippen LogP contribution in [-0.2, 0) is 9.53 Å². The number of nitrogens with zero attached hydrogens (tertiary/aromatic N) is 4. The van der Waals surface area contributed by atoms with Crippen LogP contribution in [0.25, 0.3) is 10.8 Å². The molecule has 1 fully saturated rings. The number of anilines is 1. The third-order valence-electron chi connectivity index (χ3n) is 5.79. The van der Waals surface area contributed by atoms with Crippen LogP contribution < -0.4 is 9.64 Å². The summed E-state index contributed by atoms with van der Waals surface area (Å²) in [7, 11) is 1.93. The van der Waals surface area contributed by atoms with Gasteiger partial charge in [0.2, 0.25) is 11.8 Å². The second kappa shape index (κ2) is 7.64. The number of ether oxygens (including phenoxy) is 2. The molecule has 2 atom stereocenters. The maximum atomic E-state index is 12.5. The second-order valence-electron chi connectivity index (χ2n) is 7.39. The SMILES string of the molecule is CCC1CC(=O)N2COCCN(C)c3cc4c(nccc4cc3C#N)OCC12. The number of hydrogen-bond acceptors (Lipinski definition) is 6. The smallest absolute Gasteiger partial charge is 0.225 e. The van der Waals surface area contributed by atoms with Crippen molar-refractivity contribution in [3.05, 3.63) is 30.0 Å². The van der Waals surface area contributed by atoms with E-state index in [2.05, 4.69) is 18.0 Å². The third-order valence-corrected chi connectivity index (χ3v) is 5.79. The second-order valence-corrected chi connectivity index (χ2v) is 7.39. The minimum atomic E-state index is -0.0223. The van der Waals surface area contributed by atoms with Gasteiger partial charge < -0.3 is 19.3 Å². The molecule has 2 aromatic rings. The van der Waals surface area contributed by atoms with Gasteiger partial charge in [0.05, 0.1) is 23.9 Å². The quantitative estimate of drug-likeness (QED) is 0.757. The predicted molar refractivity (Wildman–Crippen MR) is 105 cm³/mol. The molecule has 2 bridgehead atoms. The summed E-state index contributed by atoms with van der Waals surface area (Å²) in [6.45, 7) is 3.82. The molecule has 4 rings (SSSR count). The lowest BCUT2D eigenvalue weighted by atomic mass is 9.98. The number of carbonyl (C=O) groups is 1. The molecule has 2 aliphatic heterocycles. The number of nitriles is 1. The number of rotatable bonds is 1. The number of benzene rings is 1. The first-order valence-corrected chi connectivity index (χ1v) is 9.66. The molecule has 0 spiro atoms. The number of likely N-dealkylation sites (N-methyl/N-ethyl adjacent to an activating group) is 1. The van der Waals surface area contributed by atoms with Gasteiger partial charge in [0.1, 0.15) is 19.4 Å². The summed E-state index contributed by atoms with van der Waals surface area (Å²) in [5, 5.41) is 11.4. The first-order valence-electron chi connectivity index (χ1n) is 9.66. The fraction of sp³-hybridized carbons (Fsp3) is 0.476. The Morgan fingerprint density at radius 2 is 2.25 bits per heavy atom. The van der Waals surface area contributed by atoms with Crippen LogP contribution in [0.2, 0.25) is 0 Å². The molecule has 7 nitrogen and oxygen atoms in total. The van der Waals surface area contributed by atoms with Gasteiger partial charge >= 0.3 is 0 Å². The Morgan fingerprint density at radius 1 is 1.39 bits per heavy atom. The Morgan fingerprint density at radius 3 is 3.04 bits per heavy atom. The summed E-state index contributed by atoms with van der Waals surface area (Å²) in [5.41, 5.74) is 1.42. The van der Waals surface area contributed by atoms with Crippen LogP contribution in [0.3, 0.4) is 0 Å². The molecular weight excluding hydrogens is 356 g/mol.